The van der Waals surface area contributed by atoms with E-state index in [4.69, 9.17) is 10.5 Å². The number of amides is 1. The van der Waals surface area contributed by atoms with Crippen LogP contribution in [-0.2, 0) is 0 Å². The van der Waals surface area contributed by atoms with Crippen molar-refractivity contribution in [3.05, 3.63) is 28.8 Å². The highest BCUT2D eigenvalue weighted by Crippen LogP contribution is 2.22. The average Bonchev–Trinajstić information content (AvgIpc) is 2.09. The number of primary amides is 1. The van der Waals surface area contributed by atoms with Gasteiger partial charge in [0.2, 0.25) is 5.91 Å². The van der Waals surface area contributed by atoms with Gasteiger partial charge in [-0.1, -0.05) is 0 Å². The van der Waals surface area contributed by atoms with Crippen LogP contribution in [0.25, 0.3) is 0 Å². The molecule has 70 valence electrons. The van der Waals surface area contributed by atoms with Gasteiger partial charge in [0.1, 0.15) is 5.75 Å². The molecule has 0 aliphatic rings. The third-order valence-electron chi connectivity index (χ3n) is 2.12. The van der Waals surface area contributed by atoms with Crippen molar-refractivity contribution < 1.29 is 9.53 Å². The van der Waals surface area contributed by atoms with Gasteiger partial charge in [0, 0.05) is 5.56 Å². The van der Waals surface area contributed by atoms with Crippen LogP contribution >= 0.6 is 0 Å². The minimum Gasteiger partial charge on any atom is -0.496 e. The maximum Gasteiger partial charge on any atom is 0.248 e. The van der Waals surface area contributed by atoms with Crippen molar-refractivity contribution in [3.8, 4) is 5.75 Å². The predicted molar refractivity (Wildman–Crippen MR) is 51.0 cm³/mol. The van der Waals surface area contributed by atoms with Gasteiger partial charge < -0.3 is 10.5 Å². The van der Waals surface area contributed by atoms with Gasteiger partial charge in [-0.2, -0.15) is 0 Å². The predicted octanol–water partition coefficient (Wildman–Crippen LogP) is 1.41. The summed E-state index contributed by atoms with van der Waals surface area (Å²) in [6.45, 7) is 3.86. The zero-order valence-electron chi connectivity index (χ0n) is 8.05. The number of hydrogen-bond donors (Lipinski definition) is 1. The van der Waals surface area contributed by atoms with Crippen LogP contribution in [0.1, 0.15) is 21.5 Å². The van der Waals surface area contributed by atoms with Crippen LogP contribution in [0.5, 0.6) is 5.75 Å². The molecule has 0 fully saturated rings. The van der Waals surface area contributed by atoms with Crippen LogP contribution in [0.2, 0.25) is 0 Å². The number of methoxy groups -OCH3 is 1. The Balaban J connectivity index is 3.30. The molecule has 3 heteroatoms. The molecular weight excluding hydrogens is 166 g/mol. The van der Waals surface area contributed by atoms with Crippen LogP contribution < -0.4 is 10.5 Å². The highest BCUT2D eigenvalue weighted by Gasteiger charge is 2.07. The smallest absolute Gasteiger partial charge is 0.248 e. The number of rotatable bonds is 2. The monoisotopic (exact) mass is 179 g/mol. The van der Waals surface area contributed by atoms with Gasteiger partial charge in [-0.15, -0.1) is 0 Å². The number of carbonyl (C=O) groups is 1. The summed E-state index contributed by atoms with van der Waals surface area (Å²) in [5.74, 6) is 0.273. The quantitative estimate of drug-likeness (QED) is 0.746. The molecule has 0 bridgehead atoms. The molecule has 0 aliphatic carbocycles. The van der Waals surface area contributed by atoms with E-state index in [9.17, 15) is 4.79 Å². The van der Waals surface area contributed by atoms with Crippen molar-refractivity contribution in [1.29, 1.82) is 0 Å². The Morgan fingerprint density at radius 3 is 2.46 bits per heavy atom. The van der Waals surface area contributed by atoms with E-state index in [1.807, 2.05) is 13.8 Å². The van der Waals surface area contributed by atoms with Crippen molar-refractivity contribution in [2.45, 2.75) is 13.8 Å². The Hall–Kier alpha value is -1.51. The van der Waals surface area contributed by atoms with E-state index in [1.54, 1.807) is 19.2 Å². The molecule has 13 heavy (non-hydrogen) atoms. The molecule has 1 amide bonds. The van der Waals surface area contributed by atoms with Gasteiger partial charge in [0.25, 0.3) is 0 Å². The summed E-state index contributed by atoms with van der Waals surface area (Å²) >= 11 is 0. The minimum absolute atomic E-state index is 0.429. The van der Waals surface area contributed by atoms with Crippen molar-refractivity contribution in [1.82, 2.24) is 0 Å². The highest BCUT2D eigenvalue weighted by atomic mass is 16.5. The minimum atomic E-state index is -0.429. The van der Waals surface area contributed by atoms with Crippen molar-refractivity contribution in [2.24, 2.45) is 5.73 Å². The maximum absolute atomic E-state index is 10.9. The van der Waals surface area contributed by atoms with E-state index in [0.29, 0.717) is 11.3 Å². The molecule has 0 saturated heterocycles. The largest absolute Gasteiger partial charge is 0.496 e. The van der Waals surface area contributed by atoms with Crippen LogP contribution in [0.15, 0.2) is 12.1 Å². The van der Waals surface area contributed by atoms with E-state index in [0.717, 1.165) is 11.1 Å². The Morgan fingerprint density at radius 1 is 1.38 bits per heavy atom. The van der Waals surface area contributed by atoms with Gasteiger partial charge in [-0.25, -0.2) is 0 Å². The van der Waals surface area contributed by atoms with Gasteiger partial charge >= 0.3 is 0 Å². The van der Waals surface area contributed by atoms with E-state index < -0.39 is 5.91 Å². The second kappa shape index (κ2) is 3.47. The molecule has 2 N–H and O–H groups in total. The standard InChI is InChI=1S/C10H13NO2/c1-6-4-8(10(11)12)5-9(13-3)7(6)2/h4-5H,1-3H3,(H2,11,12). The Kier molecular flexibility index (Phi) is 2.56. The summed E-state index contributed by atoms with van der Waals surface area (Å²) in [6.07, 6.45) is 0. The summed E-state index contributed by atoms with van der Waals surface area (Å²) in [4.78, 5) is 10.9. The summed E-state index contributed by atoms with van der Waals surface area (Å²) in [6, 6.07) is 3.42. The van der Waals surface area contributed by atoms with Crippen LogP contribution in [-0.4, -0.2) is 13.0 Å². The molecule has 0 saturated carbocycles. The van der Waals surface area contributed by atoms with Crippen LogP contribution in [0.4, 0.5) is 0 Å². The lowest BCUT2D eigenvalue weighted by molar-refractivity contribution is 0.1000. The fourth-order valence-electron chi connectivity index (χ4n) is 1.18. The number of aryl methyl sites for hydroxylation is 1. The molecule has 0 atom stereocenters. The first-order valence-corrected chi connectivity index (χ1v) is 4.01. The van der Waals surface area contributed by atoms with Gasteiger partial charge in [0.15, 0.2) is 0 Å². The zero-order chi connectivity index (χ0) is 10.0. The van der Waals surface area contributed by atoms with Crippen LogP contribution in [0, 0.1) is 13.8 Å². The second-order valence-electron chi connectivity index (χ2n) is 2.98. The summed E-state index contributed by atoms with van der Waals surface area (Å²) < 4.78 is 5.11. The zero-order valence-corrected chi connectivity index (χ0v) is 8.05. The van der Waals surface area contributed by atoms with Gasteiger partial charge in [-0.3, -0.25) is 4.79 Å². The Morgan fingerprint density at radius 2 is 2.00 bits per heavy atom. The maximum atomic E-state index is 10.9. The summed E-state index contributed by atoms with van der Waals surface area (Å²) in [5, 5.41) is 0. The molecule has 0 spiro atoms. The average molecular weight is 179 g/mol. The van der Waals surface area contributed by atoms with E-state index >= 15 is 0 Å². The molecule has 1 aromatic rings. The molecule has 0 aromatic heterocycles. The van der Waals surface area contributed by atoms with Crippen molar-refractivity contribution in [3.63, 3.8) is 0 Å². The fraction of sp³-hybridized carbons (Fsp3) is 0.300. The second-order valence-corrected chi connectivity index (χ2v) is 2.98. The number of ether oxygens (including phenoxy) is 1. The molecule has 0 heterocycles. The lowest BCUT2D eigenvalue weighted by atomic mass is 10.0. The lowest BCUT2D eigenvalue weighted by Gasteiger charge is -2.08. The number of nitrogens with two attached hydrogens (primary N) is 1. The fourth-order valence-corrected chi connectivity index (χ4v) is 1.18. The Labute approximate surface area is 77.5 Å². The first-order chi connectivity index (χ1) is 6.06. The highest BCUT2D eigenvalue weighted by molar-refractivity contribution is 5.93. The molecule has 0 aliphatic heterocycles. The topological polar surface area (TPSA) is 52.3 Å². The molecule has 1 aromatic carbocycles. The lowest BCUT2D eigenvalue weighted by Crippen LogP contribution is -2.11. The summed E-state index contributed by atoms with van der Waals surface area (Å²) in [7, 11) is 1.58. The number of hydrogen-bond acceptors (Lipinski definition) is 2. The molecule has 0 unspecified atom stereocenters. The molecular formula is C10H13NO2. The van der Waals surface area contributed by atoms with Gasteiger partial charge in [-0.05, 0) is 37.1 Å². The molecule has 1 rings (SSSR count). The van der Waals surface area contributed by atoms with E-state index in [2.05, 4.69) is 0 Å². The number of carbonyl (C=O) groups excluding carboxylic acids is 1. The van der Waals surface area contributed by atoms with E-state index in [-0.39, 0.29) is 0 Å². The normalized spacial score (nSPS) is 9.77. The first kappa shape index (κ1) is 9.58. The summed E-state index contributed by atoms with van der Waals surface area (Å²) in [5.41, 5.74) is 7.69. The first-order valence-electron chi connectivity index (χ1n) is 4.01. The Bertz CT molecular complexity index is 345. The number of benzene rings is 1. The van der Waals surface area contributed by atoms with E-state index in [1.165, 1.54) is 0 Å². The van der Waals surface area contributed by atoms with Gasteiger partial charge in [0.05, 0.1) is 7.11 Å². The van der Waals surface area contributed by atoms with Crippen LogP contribution in [0.3, 0.4) is 0 Å². The van der Waals surface area contributed by atoms with Crippen molar-refractivity contribution in [2.75, 3.05) is 7.11 Å². The third kappa shape index (κ3) is 1.80. The molecule has 0 radical (unpaired) electrons. The molecule has 3 nitrogen and oxygen atoms in total. The van der Waals surface area contributed by atoms with Crippen molar-refractivity contribution >= 4 is 5.91 Å². The SMILES string of the molecule is COc1cc(C(N)=O)cc(C)c1C. The third-order valence-corrected chi connectivity index (χ3v) is 2.12.